The number of hydrogen-bond acceptors (Lipinski definition) is 4. The van der Waals surface area contributed by atoms with E-state index in [1.807, 2.05) is 25.1 Å². The summed E-state index contributed by atoms with van der Waals surface area (Å²) in [6.45, 7) is 5.47. The van der Waals surface area contributed by atoms with Crippen molar-refractivity contribution in [3.05, 3.63) is 71.0 Å². The first-order valence-electron chi connectivity index (χ1n) is 7.78. The zero-order valence-electron chi connectivity index (χ0n) is 14.2. The minimum Gasteiger partial charge on any atom is -0.296 e. The molecule has 0 fully saturated rings. The van der Waals surface area contributed by atoms with Gasteiger partial charge in [-0.1, -0.05) is 48.0 Å². The molecule has 2 aromatic carbocycles. The SMILES string of the molecule is Cc1cc(C)c(S(=O)(=O)n2cc(C=O)nc2-c2ccccc2)c(C)c1. The van der Waals surface area contributed by atoms with Crippen molar-refractivity contribution in [1.29, 1.82) is 0 Å². The number of rotatable bonds is 4. The largest absolute Gasteiger partial charge is 0.296 e. The van der Waals surface area contributed by atoms with E-state index in [0.717, 1.165) is 9.54 Å². The Bertz CT molecular complexity index is 1030. The van der Waals surface area contributed by atoms with Crippen molar-refractivity contribution in [3.63, 3.8) is 0 Å². The molecule has 1 heterocycles. The lowest BCUT2D eigenvalue weighted by Crippen LogP contribution is -2.16. The fourth-order valence-corrected chi connectivity index (χ4v) is 4.82. The van der Waals surface area contributed by atoms with Crippen LogP contribution in [0.25, 0.3) is 11.4 Å². The van der Waals surface area contributed by atoms with Crippen LogP contribution in [-0.4, -0.2) is 23.7 Å². The van der Waals surface area contributed by atoms with Crippen LogP contribution < -0.4 is 0 Å². The first-order chi connectivity index (χ1) is 11.8. The Balaban J connectivity index is 2.29. The highest BCUT2D eigenvalue weighted by molar-refractivity contribution is 7.90. The third-order valence-corrected chi connectivity index (χ3v) is 5.92. The van der Waals surface area contributed by atoms with Crippen LogP contribution in [0.15, 0.2) is 53.6 Å². The average Bonchev–Trinajstić information content (AvgIpc) is 2.99. The fourth-order valence-electron chi connectivity index (χ4n) is 3.07. The number of nitrogens with zero attached hydrogens (tertiary/aromatic N) is 2. The summed E-state index contributed by atoms with van der Waals surface area (Å²) in [5, 5.41) is 0. The van der Waals surface area contributed by atoms with E-state index in [9.17, 15) is 13.2 Å². The van der Waals surface area contributed by atoms with E-state index in [1.54, 1.807) is 38.1 Å². The number of benzene rings is 2. The average molecular weight is 354 g/mol. The number of imidazole rings is 1. The van der Waals surface area contributed by atoms with Gasteiger partial charge in [-0.2, -0.15) is 0 Å². The first-order valence-corrected chi connectivity index (χ1v) is 9.22. The number of aldehydes is 1. The van der Waals surface area contributed by atoms with Gasteiger partial charge in [0.1, 0.15) is 5.69 Å². The van der Waals surface area contributed by atoms with Gasteiger partial charge in [0.05, 0.1) is 11.1 Å². The molecule has 128 valence electrons. The van der Waals surface area contributed by atoms with Gasteiger partial charge in [0.2, 0.25) is 0 Å². The highest BCUT2D eigenvalue weighted by atomic mass is 32.2. The summed E-state index contributed by atoms with van der Waals surface area (Å²) >= 11 is 0. The topological polar surface area (TPSA) is 69.0 Å². The quantitative estimate of drug-likeness (QED) is 0.672. The molecule has 0 bridgehead atoms. The van der Waals surface area contributed by atoms with Gasteiger partial charge in [0, 0.05) is 5.56 Å². The minimum atomic E-state index is -3.89. The molecule has 3 aromatic rings. The van der Waals surface area contributed by atoms with Crippen molar-refractivity contribution in [2.24, 2.45) is 0 Å². The van der Waals surface area contributed by atoms with Crippen molar-refractivity contribution in [2.75, 3.05) is 0 Å². The van der Waals surface area contributed by atoms with Crippen LogP contribution in [0.2, 0.25) is 0 Å². The van der Waals surface area contributed by atoms with Gasteiger partial charge >= 0.3 is 0 Å². The molecule has 3 rings (SSSR count). The molecule has 5 nitrogen and oxygen atoms in total. The number of aromatic nitrogens is 2. The Morgan fingerprint density at radius 3 is 2.16 bits per heavy atom. The van der Waals surface area contributed by atoms with Crippen molar-refractivity contribution < 1.29 is 13.2 Å². The van der Waals surface area contributed by atoms with Gasteiger partial charge in [-0.05, 0) is 31.9 Å². The summed E-state index contributed by atoms with van der Waals surface area (Å²) in [6.07, 6.45) is 1.82. The van der Waals surface area contributed by atoms with E-state index in [4.69, 9.17) is 0 Å². The third kappa shape index (κ3) is 3.00. The predicted octanol–water partition coefficient (Wildman–Crippen LogP) is 3.52. The van der Waals surface area contributed by atoms with Crippen LogP contribution in [-0.2, 0) is 10.0 Å². The van der Waals surface area contributed by atoms with Gasteiger partial charge in [-0.3, -0.25) is 4.79 Å². The Hall–Kier alpha value is -2.73. The highest BCUT2D eigenvalue weighted by Crippen LogP contribution is 2.28. The zero-order valence-corrected chi connectivity index (χ0v) is 15.0. The molecule has 0 aliphatic rings. The predicted molar refractivity (Wildman–Crippen MR) is 96.3 cm³/mol. The van der Waals surface area contributed by atoms with Gasteiger partial charge in [-0.25, -0.2) is 17.4 Å². The van der Waals surface area contributed by atoms with Crippen LogP contribution in [0.3, 0.4) is 0 Å². The molecule has 0 amide bonds. The number of hydrogen-bond donors (Lipinski definition) is 0. The molecule has 0 aliphatic heterocycles. The monoisotopic (exact) mass is 354 g/mol. The number of carbonyl (C=O) groups excluding carboxylic acids is 1. The standard InChI is InChI=1S/C19H18N2O3S/c1-13-9-14(2)18(15(3)10-13)25(23,24)21-11-17(12-22)20-19(21)16-7-5-4-6-8-16/h4-12H,1-3H3. The summed E-state index contributed by atoms with van der Waals surface area (Å²) in [5.41, 5.74) is 3.03. The van der Waals surface area contributed by atoms with E-state index in [2.05, 4.69) is 4.98 Å². The Morgan fingerprint density at radius 1 is 1.00 bits per heavy atom. The van der Waals surface area contributed by atoms with Crippen LogP contribution in [0, 0.1) is 20.8 Å². The normalized spacial score (nSPS) is 11.5. The second-order valence-electron chi connectivity index (χ2n) is 6.00. The Labute approximate surface area is 147 Å². The van der Waals surface area contributed by atoms with Crippen molar-refractivity contribution in [3.8, 4) is 11.4 Å². The van der Waals surface area contributed by atoms with Crippen molar-refractivity contribution >= 4 is 16.3 Å². The molecule has 25 heavy (non-hydrogen) atoms. The van der Waals surface area contributed by atoms with Gasteiger partial charge in [0.25, 0.3) is 10.0 Å². The molecule has 0 unspecified atom stereocenters. The number of carbonyl (C=O) groups is 1. The summed E-state index contributed by atoms with van der Waals surface area (Å²) in [7, 11) is -3.89. The Morgan fingerprint density at radius 2 is 1.60 bits per heavy atom. The van der Waals surface area contributed by atoms with Gasteiger partial charge < -0.3 is 0 Å². The van der Waals surface area contributed by atoms with E-state index < -0.39 is 10.0 Å². The molecule has 0 saturated carbocycles. The minimum absolute atomic E-state index is 0.0739. The molecule has 0 spiro atoms. The maximum Gasteiger partial charge on any atom is 0.269 e. The Kier molecular flexibility index (Phi) is 4.30. The molecule has 0 N–H and O–H groups in total. The lowest BCUT2D eigenvalue weighted by atomic mass is 10.1. The maximum absolute atomic E-state index is 13.3. The molecule has 0 saturated heterocycles. The van der Waals surface area contributed by atoms with Crippen LogP contribution in [0.4, 0.5) is 0 Å². The summed E-state index contributed by atoms with van der Waals surface area (Å²) in [4.78, 5) is 15.6. The van der Waals surface area contributed by atoms with E-state index in [0.29, 0.717) is 23.0 Å². The van der Waals surface area contributed by atoms with Crippen LogP contribution in [0.1, 0.15) is 27.2 Å². The lowest BCUT2D eigenvalue weighted by molar-refractivity contribution is 0.111. The van der Waals surface area contributed by atoms with Gasteiger partial charge in [0.15, 0.2) is 12.1 Å². The van der Waals surface area contributed by atoms with Gasteiger partial charge in [-0.15, -0.1) is 0 Å². The highest BCUT2D eigenvalue weighted by Gasteiger charge is 2.26. The molecule has 1 aromatic heterocycles. The van der Waals surface area contributed by atoms with Crippen LogP contribution >= 0.6 is 0 Å². The second kappa shape index (κ2) is 6.29. The lowest BCUT2D eigenvalue weighted by Gasteiger charge is -2.14. The number of aryl methyl sites for hydroxylation is 3. The summed E-state index contributed by atoms with van der Waals surface area (Å²) in [5.74, 6) is 0.224. The third-order valence-electron chi connectivity index (χ3n) is 3.97. The van der Waals surface area contributed by atoms with Crippen molar-refractivity contribution in [2.45, 2.75) is 25.7 Å². The van der Waals surface area contributed by atoms with E-state index in [-0.39, 0.29) is 16.4 Å². The van der Waals surface area contributed by atoms with E-state index in [1.165, 1.54) is 6.20 Å². The molecular weight excluding hydrogens is 336 g/mol. The van der Waals surface area contributed by atoms with Crippen molar-refractivity contribution in [1.82, 2.24) is 8.96 Å². The van der Waals surface area contributed by atoms with E-state index >= 15 is 0 Å². The summed E-state index contributed by atoms with van der Waals surface area (Å²) < 4.78 is 27.7. The fraction of sp³-hybridized carbons (Fsp3) is 0.158. The second-order valence-corrected chi connectivity index (χ2v) is 7.75. The smallest absolute Gasteiger partial charge is 0.269 e. The summed E-state index contributed by atoms with van der Waals surface area (Å²) in [6, 6.07) is 12.6. The maximum atomic E-state index is 13.3. The molecule has 0 radical (unpaired) electrons. The zero-order chi connectivity index (χ0) is 18.2. The molecule has 0 atom stereocenters. The molecule has 6 heteroatoms. The first kappa shape index (κ1) is 17.1. The molecular formula is C19H18N2O3S. The van der Waals surface area contributed by atoms with Crippen LogP contribution in [0.5, 0.6) is 0 Å². The molecule has 0 aliphatic carbocycles.